The first kappa shape index (κ1) is 18.8. The maximum atomic E-state index is 13.4. The molecular formula is C23H28N2O4. The molecule has 1 aromatic rings. The molecule has 154 valence electrons. The number of rotatable bonds is 3. The number of aliphatic hydroxyl groups excluding tert-OH is 1. The number of ether oxygens (including phenoxy) is 1. The largest absolute Gasteiger partial charge is 0.393 e. The van der Waals surface area contributed by atoms with Gasteiger partial charge in [-0.1, -0.05) is 30.4 Å². The van der Waals surface area contributed by atoms with Crippen LogP contribution >= 0.6 is 0 Å². The van der Waals surface area contributed by atoms with Crippen molar-refractivity contribution in [2.45, 2.75) is 51.0 Å². The number of carbonyl (C=O) groups excluding carboxylic acids is 2. The van der Waals surface area contributed by atoms with Gasteiger partial charge in [-0.05, 0) is 43.4 Å². The minimum Gasteiger partial charge on any atom is -0.393 e. The number of carbonyl (C=O) groups is 2. The van der Waals surface area contributed by atoms with E-state index in [0.717, 1.165) is 5.56 Å². The number of hydrogen-bond donors (Lipinski definition) is 1. The molecule has 6 heteroatoms. The normalized spacial score (nSPS) is 33.6. The summed E-state index contributed by atoms with van der Waals surface area (Å²) in [6.45, 7) is 6.29. The van der Waals surface area contributed by atoms with E-state index in [1.54, 1.807) is 0 Å². The summed E-state index contributed by atoms with van der Waals surface area (Å²) in [7, 11) is 0. The molecule has 0 aromatic heterocycles. The van der Waals surface area contributed by atoms with E-state index in [9.17, 15) is 14.7 Å². The number of amides is 2. The predicted octanol–water partition coefficient (Wildman–Crippen LogP) is 1.57. The van der Waals surface area contributed by atoms with E-state index in [1.807, 2.05) is 22.0 Å². The Morgan fingerprint density at radius 2 is 2.00 bits per heavy atom. The first-order valence-electron chi connectivity index (χ1n) is 10.6. The molecule has 5 rings (SSSR count). The third-order valence-corrected chi connectivity index (χ3v) is 7.18. The minimum atomic E-state index is -0.670. The van der Waals surface area contributed by atoms with Crippen LogP contribution in [0.15, 0.2) is 30.4 Å². The number of fused-ring (bicyclic) bond motifs is 1. The summed E-state index contributed by atoms with van der Waals surface area (Å²) in [5.41, 5.74) is 2.88. The van der Waals surface area contributed by atoms with Crippen LogP contribution in [0.3, 0.4) is 0 Å². The van der Waals surface area contributed by atoms with Crippen LogP contribution in [-0.2, 0) is 20.9 Å². The van der Waals surface area contributed by atoms with Crippen LogP contribution in [0.4, 0.5) is 0 Å². The van der Waals surface area contributed by atoms with Crippen LogP contribution in [-0.4, -0.2) is 64.2 Å². The molecule has 0 radical (unpaired) electrons. The zero-order chi connectivity index (χ0) is 20.3. The SMILES string of the molecule is Cc1ccc(CN2C[C@@]34C=C[C@@H](O3)C(C(=O)N3CCC(O)CC3)C4C2=O)cc1C. The second-order valence-electron chi connectivity index (χ2n) is 9.07. The molecule has 4 heterocycles. The first-order valence-corrected chi connectivity index (χ1v) is 10.6. The summed E-state index contributed by atoms with van der Waals surface area (Å²) >= 11 is 0. The summed E-state index contributed by atoms with van der Waals surface area (Å²) in [5, 5.41) is 9.75. The van der Waals surface area contributed by atoms with Crippen molar-refractivity contribution in [3.8, 4) is 0 Å². The van der Waals surface area contributed by atoms with Crippen molar-refractivity contribution in [1.29, 1.82) is 0 Å². The van der Waals surface area contributed by atoms with E-state index >= 15 is 0 Å². The van der Waals surface area contributed by atoms with Gasteiger partial charge in [0.05, 0.1) is 30.6 Å². The van der Waals surface area contributed by atoms with Crippen molar-refractivity contribution in [1.82, 2.24) is 9.80 Å². The van der Waals surface area contributed by atoms with Gasteiger partial charge in [0.15, 0.2) is 0 Å². The lowest BCUT2D eigenvalue weighted by Gasteiger charge is -2.34. The first-order chi connectivity index (χ1) is 13.9. The predicted molar refractivity (Wildman–Crippen MR) is 107 cm³/mol. The number of aryl methyl sites for hydroxylation is 2. The molecule has 1 aromatic carbocycles. The van der Waals surface area contributed by atoms with Gasteiger partial charge in [-0.15, -0.1) is 0 Å². The lowest BCUT2D eigenvalue weighted by molar-refractivity contribution is -0.144. The van der Waals surface area contributed by atoms with Crippen molar-refractivity contribution >= 4 is 11.8 Å². The van der Waals surface area contributed by atoms with E-state index in [2.05, 4.69) is 32.0 Å². The highest BCUT2D eigenvalue weighted by atomic mass is 16.5. The molecule has 2 amide bonds. The zero-order valence-corrected chi connectivity index (χ0v) is 17.0. The zero-order valence-electron chi connectivity index (χ0n) is 17.0. The van der Waals surface area contributed by atoms with E-state index in [0.29, 0.717) is 39.0 Å². The van der Waals surface area contributed by atoms with Crippen molar-refractivity contribution in [2.24, 2.45) is 11.8 Å². The fourth-order valence-electron chi connectivity index (χ4n) is 5.41. The van der Waals surface area contributed by atoms with Crippen LogP contribution in [0.25, 0.3) is 0 Å². The van der Waals surface area contributed by atoms with Gasteiger partial charge in [0.25, 0.3) is 0 Å². The van der Waals surface area contributed by atoms with Gasteiger partial charge in [-0.2, -0.15) is 0 Å². The smallest absolute Gasteiger partial charge is 0.230 e. The molecule has 4 atom stereocenters. The third kappa shape index (κ3) is 2.92. The highest BCUT2D eigenvalue weighted by Crippen LogP contribution is 2.52. The molecule has 1 spiro atoms. The van der Waals surface area contributed by atoms with Gasteiger partial charge in [-0.3, -0.25) is 9.59 Å². The van der Waals surface area contributed by atoms with Crippen LogP contribution in [0.1, 0.15) is 29.5 Å². The monoisotopic (exact) mass is 396 g/mol. The maximum Gasteiger partial charge on any atom is 0.230 e. The average Bonchev–Trinajstić information content (AvgIpc) is 3.33. The summed E-state index contributed by atoms with van der Waals surface area (Å²) in [4.78, 5) is 30.3. The quantitative estimate of drug-likeness (QED) is 0.788. The number of hydrogen-bond acceptors (Lipinski definition) is 4. The summed E-state index contributed by atoms with van der Waals surface area (Å²) < 4.78 is 6.24. The highest BCUT2D eigenvalue weighted by Gasteiger charge is 2.67. The van der Waals surface area contributed by atoms with Crippen molar-refractivity contribution in [3.63, 3.8) is 0 Å². The number of aliphatic hydroxyl groups is 1. The van der Waals surface area contributed by atoms with Crippen LogP contribution in [0.2, 0.25) is 0 Å². The standard InChI is InChI=1S/C23H28N2O4/c1-14-3-4-16(11-15(14)2)12-25-13-23-8-5-18(29-23)19(20(23)22(25)28)21(27)24-9-6-17(26)7-10-24/h3-5,8,11,17-20,26H,6-7,9-10,12-13H2,1-2H3/t18-,19?,20?,23-/m1/s1. The van der Waals surface area contributed by atoms with Gasteiger partial charge in [0, 0.05) is 19.6 Å². The minimum absolute atomic E-state index is 0.000458. The molecule has 3 saturated heterocycles. The Kier molecular flexibility index (Phi) is 4.33. The number of piperidine rings is 1. The molecule has 1 N–H and O–H groups in total. The van der Waals surface area contributed by atoms with Gasteiger partial charge in [0.1, 0.15) is 5.60 Å². The van der Waals surface area contributed by atoms with Crippen molar-refractivity contribution in [3.05, 3.63) is 47.0 Å². The highest BCUT2D eigenvalue weighted by molar-refractivity contribution is 5.93. The third-order valence-electron chi connectivity index (χ3n) is 7.18. The maximum absolute atomic E-state index is 13.4. The Bertz CT molecular complexity index is 889. The van der Waals surface area contributed by atoms with E-state index < -0.39 is 17.4 Å². The molecule has 2 unspecified atom stereocenters. The fourth-order valence-corrected chi connectivity index (χ4v) is 5.41. The molecule has 4 aliphatic rings. The van der Waals surface area contributed by atoms with Gasteiger partial charge < -0.3 is 19.6 Å². The molecule has 3 fully saturated rings. The molecular weight excluding hydrogens is 368 g/mol. The Morgan fingerprint density at radius 3 is 2.72 bits per heavy atom. The molecule has 4 aliphatic heterocycles. The molecule has 6 nitrogen and oxygen atoms in total. The van der Waals surface area contributed by atoms with E-state index in [1.165, 1.54) is 11.1 Å². The molecule has 0 saturated carbocycles. The molecule has 0 aliphatic carbocycles. The fraction of sp³-hybridized carbons (Fsp3) is 0.565. The topological polar surface area (TPSA) is 70.1 Å². The Morgan fingerprint density at radius 1 is 1.24 bits per heavy atom. The average molecular weight is 396 g/mol. The lowest BCUT2D eigenvalue weighted by atomic mass is 9.76. The van der Waals surface area contributed by atoms with Crippen molar-refractivity contribution in [2.75, 3.05) is 19.6 Å². The molecule has 29 heavy (non-hydrogen) atoms. The number of likely N-dealkylation sites (tertiary alicyclic amines) is 2. The van der Waals surface area contributed by atoms with Gasteiger partial charge in [-0.25, -0.2) is 0 Å². The molecule has 2 bridgehead atoms. The van der Waals surface area contributed by atoms with Crippen molar-refractivity contribution < 1.29 is 19.4 Å². The van der Waals surface area contributed by atoms with Crippen LogP contribution in [0.5, 0.6) is 0 Å². The number of nitrogens with zero attached hydrogens (tertiary/aromatic N) is 2. The number of benzene rings is 1. The van der Waals surface area contributed by atoms with Crippen LogP contribution in [0, 0.1) is 25.7 Å². The van der Waals surface area contributed by atoms with E-state index in [4.69, 9.17) is 4.74 Å². The second kappa shape index (κ2) is 6.67. The second-order valence-corrected chi connectivity index (χ2v) is 9.07. The van der Waals surface area contributed by atoms with Gasteiger partial charge in [0.2, 0.25) is 11.8 Å². The Labute approximate surface area is 171 Å². The summed E-state index contributed by atoms with van der Waals surface area (Å²) in [6.07, 6.45) is 4.52. The Hall–Kier alpha value is -2.18. The van der Waals surface area contributed by atoms with E-state index in [-0.39, 0.29) is 24.0 Å². The van der Waals surface area contributed by atoms with Gasteiger partial charge >= 0.3 is 0 Å². The summed E-state index contributed by atoms with van der Waals surface area (Å²) in [6, 6.07) is 6.28. The lowest BCUT2D eigenvalue weighted by Crippen LogP contribution is -2.49. The van der Waals surface area contributed by atoms with Crippen LogP contribution < -0.4 is 0 Å². The Balaban J connectivity index is 1.37. The summed E-state index contributed by atoms with van der Waals surface area (Å²) in [5.74, 6) is -0.874.